The summed E-state index contributed by atoms with van der Waals surface area (Å²) < 4.78 is 1.79. The number of amides is 1. The zero-order chi connectivity index (χ0) is 16.0. The van der Waals surface area contributed by atoms with Gasteiger partial charge in [-0.05, 0) is 38.8 Å². The molecule has 2 atom stereocenters. The molecule has 2 aliphatic rings. The first-order valence-corrected chi connectivity index (χ1v) is 8.58. The molecule has 1 aromatic heterocycles. The molecule has 5 heteroatoms. The average molecular weight is 312 g/mol. The van der Waals surface area contributed by atoms with Crippen LogP contribution in [0, 0.1) is 0 Å². The monoisotopic (exact) mass is 312 g/mol. The highest BCUT2D eigenvalue weighted by atomic mass is 16.2. The molecule has 3 heterocycles. The van der Waals surface area contributed by atoms with Gasteiger partial charge in [0.25, 0.3) is 5.91 Å². The number of benzene rings is 1. The smallest absolute Gasteiger partial charge is 0.272 e. The minimum Gasteiger partial charge on any atom is -0.348 e. The molecule has 2 fully saturated rings. The second-order valence-corrected chi connectivity index (χ2v) is 7.04. The van der Waals surface area contributed by atoms with Crippen molar-refractivity contribution in [2.24, 2.45) is 7.05 Å². The van der Waals surface area contributed by atoms with Crippen LogP contribution in [0.5, 0.6) is 0 Å². The van der Waals surface area contributed by atoms with Crippen molar-refractivity contribution in [3.05, 3.63) is 30.0 Å². The van der Waals surface area contributed by atoms with Crippen molar-refractivity contribution >= 4 is 16.8 Å². The van der Waals surface area contributed by atoms with E-state index >= 15 is 0 Å². The van der Waals surface area contributed by atoms with Gasteiger partial charge in [0.05, 0.1) is 5.52 Å². The van der Waals surface area contributed by atoms with Gasteiger partial charge in [-0.2, -0.15) is 5.10 Å². The van der Waals surface area contributed by atoms with Gasteiger partial charge in [-0.25, -0.2) is 0 Å². The summed E-state index contributed by atoms with van der Waals surface area (Å²) in [5, 5.41) is 8.62. The van der Waals surface area contributed by atoms with Crippen molar-refractivity contribution in [2.45, 2.75) is 50.2 Å². The summed E-state index contributed by atoms with van der Waals surface area (Å²) in [4.78, 5) is 15.3. The predicted molar refractivity (Wildman–Crippen MR) is 90.4 cm³/mol. The highest BCUT2D eigenvalue weighted by Gasteiger charge is 2.36. The van der Waals surface area contributed by atoms with Crippen LogP contribution >= 0.6 is 0 Å². The molecule has 1 N–H and O–H groups in total. The molecule has 2 aliphatic heterocycles. The number of carbonyl (C=O) groups excluding carboxylic acids is 1. The second kappa shape index (κ2) is 5.64. The Morgan fingerprint density at radius 3 is 2.61 bits per heavy atom. The van der Waals surface area contributed by atoms with Crippen molar-refractivity contribution in [1.82, 2.24) is 20.0 Å². The zero-order valence-electron chi connectivity index (χ0n) is 13.8. The van der Waals surface area contributed by atoms with Crippen LogP contribution < -0.4 is 5.32 Å². The van der Waals surface area contributed by atoms with Crippen LogP contribution in [0.2, 0.25) is 0 Å². The Bertz CT molecular complexity index is 724. The van der Waals surface area contributed by atoms with Crippen LogP contribution in [0.15, 0.2) is 24.3 Å². The van der Waals surface area contributed by atoms with E-state index in [1.165, 1.54) is 19.3 Å². The first-order valence-electron chi connectivity index (χ1n) is 8.58. The number of piperidine rings is 2. The third-order valence-corrected chi connectivity index (χ3v) is 5.65. The third-order valence-electron chi connectivity index (χ3n) is 5.65. The number of nitrogens with one attached hydrogen (secondary N) is 1. The Morgan fingerprint density at radius 1 is 1.17 bits per heavy atom. The van der Waals surface area contributed by atoms with Gasteiger partial charge in [0, 0.05) is 30.6 Å². The third kappa shape index (κ3) is 2.53. The highest BCUT2D eigenvalue weighted by Crippen LogP contribution is 2.32. The van der Waals surface area contributed by atoms with Gasteiger partial charge >= 0.3 is 0 Å². The summed E-state index contributed by atoms with van der Waals surface area (Å²) in [5.74, 6) is -0.0329. The lowest BCUT2D eigenvalue weighted by molar-refractivity contribution is 0.0462. The van der Waals surface area contributed by atoms with Crippen LogP contribution in [0.4, 0.5) is 0 Å². The van der Waals surface area contributed by atoms with Crippen LogP contribution in [0.1, 0.15) is 42.6 Å². The number of para-hydroxylation sites is 1. The molecular formula is C18H24N4O. The van der Waals surface area contributed by atoms with Crippen LogP contribution in [-0.2, 0) is 7.05 Å². The van der Waals surface area contributed by atoms with E-state index in [0.717, 1.165) is 23.7 Å². The molecule has 0 unspecified atom stereocenters. The Balaban J connectivity index is 1.54. The Kier molecular flexibility index (Phi) is 3.60. The first kappa shape index (κ1) is 14.7. The van der Waals surface area contributed by atoms with Gasteiger partial charge in [-0.3, -0.25) is 9.48 Å². The van der Waals surface area contributed by atoms with Crippen molar-refractivity contribution in [1.29, 1.82) is 0 Å². The molecule has 2 aromatic rings. The van der Waals surface area contributed by atoms with Gasteiger partial charge in [0.15, 0.2) is 5.69 Å². The molecule has 23 heavy (non-hydrogen) atoms. The van der Waals surface area contributed by atoms with Gasteiger partial charge in [0.1, 0.15) is 0 Å². The number of nitrogens with zero attached hydrogens (tertiary/aromatic N) is 3. The number of hydrogen-bond donors (Lipinski definition) is 1. The summed E-state index contributed by atoms with van der Waals surface area (Å²) in [5.41, 5.74) is 1.55. The minimum absolute atomic E-state index is 0.0329. The number of carbonyl (C=O) groups is 1. The van der Waals surface area contributed by atoms with Gasteiger partial charge in [-0.1, -0.05) is 24.6 Å². The molecule has 0 saturated carbocycles. The van der Waals surface area contributed by atoms with Crippen molar-refractivity contribution in [3.8, 4) is 0 Å². The Labute approximate surface area is 136 Å². The average Bonchev–Trinajstić information content (AvgIpc) is 2.86. The van der Waals surface area contributed by atoms with E-state index in [1.807, 2.05) is 31.3 Å². The Hall–Kier alpha value is -1.88. The second-order valence-electron chi connectivity index (χ2n) is 7.04. The lowest BCUT2D eigenvalue weighted by atomic mass is 9.82. The van der Waals surface area contributed by atoms with Crippen LogP contribution in [0.25, 0.3) is 10.9 Å². The van der Waals surface area contributed by atoms with Crippen LogP contribution in [-0.4, -0.2) is 45.8 Å². The number of rotatable bonds is 2. The molecule has 2 saturated heterocycles. The SMILES string of the molecule is CN1[C@H]2CCC[C@H]1CC(NC(=O)c1nn(C)c3ccccc13)C2. The fourth-order valence-electron chi connectivity index (χ4n) is 4.37. The van der Waals surface area contributed by atoms with Crippen molar-refractivity contribution in [2.75, 3.05) is 7.05 Å². The summed E-state index contributed by atoms with van der Waals surface area (Å²) in [6.45, 7) is 0. The van der Waals surface area contributed by atoms with E-state index in [1.54, 1.807) is 4.68 Å². The quantitative estimate of drug-likeness (QED) is 0.926. The van der Waals surface area contributed by atoms with Crippen LogP contribution in [0.3, 0.4) is 0 Å². The lowest BCUT2D eigenvalue weighted by Gasteiger charge is -2.47. The fourth-order valence-corrected chi connectivity index (χ4v) is 4.37. The maximum absolute atomic E-state index is 12.7. The normalized spacial score (nSPS) is 28.0. The molecule has 0 spiro atoms. The van der Waals surface area contributed by atoms with Gasteiger partial charge < -0.3 is 10.2 Å². The van der Waals surface area contributed by atoms with E-state index in [4.69, 9.17) is 0 Å². The molecule has 1 amide bonds. The number of aromatic nitrogens is 2. The summed E-state index contributed by atoms with van der Waals surface area (Å²) >= 11 is 0. The molecule has 122 valence electrons. The molecule has 1 aromatic carbocycles. The summed E-state index contributed by atoms with van der Waals surface area (Å²) in [7, 11) is 4.12. The molecule has 5 nitrogen and oxygen atoms in total. The highest BCUT2D eigenvalue weighted by molar-refractivity contribution is 6.04. The largest absolute Gasteiger partial charge is 0.348 e. The first-order chi connectivity index (χ1) is 11.1. The number of fused-ring (bicyclic) bond motifs is 3. The van der Waals surface area contributed by atoms with Gasteiger partial charge in [-0.15, -0.1) is 0 Å². The van der Waals surface area contributed by atoms with E-state index in [0.29, 0.717) is 17.8 Å². The summed E-state index contributed by atoms with van der Waals surface area (Å²) in [6, 6.07) is 9.42. The van der Waals surface area contributed by atoms with E-state index in [9.17, 15) is 4.79 Å². The number of aryl methyl sites for hydroxylation is 1. The molecule has 4 rings (SSSR count). The number of hydrogen-bond acceptors (Lipinski definition) is 3. The fraction of sp³-hybridized carbons (Fsp3) is 0.556. The predicted octanol–water partition coefficient (Wildman–Crippen LogP) is 2.32. The topological polar surface area (TPSA) is 50.2 Å². The van der Waals surface area contributed by atoms with Gasteiger partial charge in [0.2, 0.25) is 0 Å². The van der Waals surface area contributed by atoms with Crippen molar-refractivity contribution in [3.63, 3.8) is 0 Å². The maximum Gasteiger partial charge on any atom is 0.272 e. The van der Waals surface area contributed by atoms with Crippen molar-refractivity contribution < 1.29 is 4.79 Å². The molecule has 0 aliphatic carbocycles. The standard InChI is InChI=1S/C18H24N4O/c1-21-13-6-5-7-14(21)11-12(10-13)19-18(23)17-15-8-3-4-9-16(15)22(2)20-17/h3-4,8-9,12-14H,5-7,10-11H2,1-2H3,(H,19,23)/t13-,14-/m0/s1. The molecular weight excluding hydrogens is 288 g/mol. The van der Waals surface area contributed by atoms with E-state index in [-0.39, 0.29) is 11.9 Å². The molecule has 2 bridgehead atoms. The Morgan fingerprint density at radius 2 is 1.87 bits per heavy atom. The molecule has 0 radical (unpaired) electrons. The maximum atomic E-state index is 12.7. The summed E-state index contributed by atoms with van der Waals surface area (Å²) in [6.07, 6.45) is 5.95. The van der Waals surface area contributed by atoms with E-state index in [2.05, 4.69) is 22.4 Å². The van der Waals surface area contributed by atoms with E-state index < -0.39 is 0 Å². The zero-order valence-corrected chi connectivity index (χ0v) is 13.8. The lowest BCUT2D eigenvalue weighted by Crippen LogP contribution is -2.55. The minimum atomic E-state index is -0.0329.